The molecule has 1 unspecified atom stereocenters. The standard InChI is InChI=1S/C21H22ClN3O3/c1-13-11-15(14(2)23-18-6-4-3-5-17(18)22)19-16(12-13)20(26)24-21(28-19)25-7-9-27-10-8-25/h3-6,11-12,14,23H,7-10H2,1-2H3. The molecule has 1 aliphatic heterocycles. The van der Waals surface area contributed by atoms with Gasteiger partial charge >= 0.3 is 6.01 Å². The normalized spacial score (nSPS) is 15.6. The molecule has 3 aromatic rings. The van der Waals surface area contributed by atoms with Crippen molar-refractivity contribution in [2.45, 2.75) is 19.9 Å². The van der Waals surface area contributed by atoms with Gasteiger partial charge in [-0.25, -0.2) is 0 Å². The predicted molar refractivity (Wildman–Crippen MR) is 112 cm³/mol. The van der Waals surface area contributed by atoms with E-state index in [-0.39, 0.29) is 11.6 Å². The Bertz CT molecular complexity index is 1060. The van der Waals surface area contributed by atoms with E-state index in [1.165, 1.54) is 0 Å². The molecule has 7 heteroatoms. The van der Waals surface area contributed by atoms with Gasteiger partial charge in [-0.15, -0.1) is 0 Å². The molecule has 1 atom stereocenters. The lowest BCUT2D eigenvalue weighted by Gasteiger charge is -2.26. The van der Waals surface area contributed by atoms with E-state index >= 15 is 0 Å². The first-order chi connectivity index (χ1) is 13.5. The Labute approximate surface area is 168 Å². The van der Waals surface area contributed by atoms with E-state index in [9.17, 15) is 4.79 Å². The first kappa shape index (κ1) is 18.8. The van der Waals surface area contributed by atoms with Gasteiger partial charge in [0.2, 0.25) is 0 Å². The third kappa shape index (κ3) is 3.70. The number of rotatable bonds is 4. The molecule has 1 aromatic heterocycles. The van der Waals surface area contributed by atoms with Crippen LogP contribution in [0.15, 0.2) is 45.6 Å². The highest BCUT2D eigenvalue weighted by Crippen LogP contribution is 2.31. The van der Waals surface area contributed by atoms with Gasteiger partial charge in [0.15, 0.2) is 0 Å². The van der Waals surface area contributed by atoms with Crippen molar-refractivity contribution in [3.63, 3.8) is 0 Å². The second-order valence-corrected chi connectivity index (χ2v) is 7.38. The summed E-state index contributed by atoms with van der Waals surface area (Å²) in [4.78, 5) is 18.8. The summed E-state index contributed by atoms with van der Waals surface area (Å²) in [5.41, 5.74) is 2.97. The van der Waals surface area contributed by atoms with E-state index in [2.05, 4.69) is 10.3 Å². The second kappa shape index (κ2) is 7.81. The summed E-state index contributed by atoms with van der Waals surface area (Å²) in [6.07, 6.45) is 0. The van der Waals surface area contributed by atoms with Crippen molar-refractivity contribution < 1.29 is 9.15 Å². The van der Waals surface area contributed by atoms with Gasteiger partial charge in [0.1, 0.15) is 5.58 Å². The molecule has 1 saturated heterocycles. The molecule has 0 spiro atoms. The summed E-state index contributed by atoms with van der Waals surface area (Å²) in [6.45, 7) is 6.46. The van der Waals surface area contributed by atoms with Gasteiger partial charge in [0, 0.05) is 18.7 Å². The fourth-order valence-electron chi connectivity index (χ4n) is 3.44. The second-order valence-electron chi connectivity index (χ2n) is 6.98. The number of benzene rings is 2. The predicted octanol–water partition coefficient (Wildman–Crippen LogP) is 4.16. The molecule has 1 fully saturated rings. The van der Waals surface area contributed by atoms with Crippen molar-refractivity contribution in [3.05, 3.63) is 62.9 Å². The molecule has 0 saturated carbocycles. The fourth-order valence-corrected chi connectivity index (χ4v) is 3.63. The van der Waals surface area contributed by atoms with Crippen LogP contribution in [-0.4, -0.2) is 31.3 Å². The number of para-hydroxylation sites is 1. The van der Waals surface area contributed by atoms with E-state index in [4.69, 9.17) is 20.8 Å². The summed E-state index contributed by atoms with van der Waals surface area (Å²) in [7, 11) is 0. The minimum absolute atomic E-state index is 0.120. The number of aryl methyl sites for hydroxylation is 1. The van der Waals surface area contributed by atoms with Gasteiger partial charge < -0.3 is 19.4 Å². The van der Waals surface area contributed by atoms with Crippen molar-refractivity contribution in [3.8, 4) is 0 Å². The van der Waals surface area contributed by atoms with Crippen molar-refractivity contribution in [2.75, 3.05) is 36.5 Å². The first-order valence-electron chi connectivity index (χ1n) is 9.32. The molecular formula is C21H22ClN3O3. The molecule has 1 aliphatic rings. The Morgan fingerprint density at radius 1 is 1.21 bits per heavy atom. The summed E-state index contributed by atoms with van der Waals surface area (Å²) in [5, 5.41) is 4.54. The highest BCUT2D eigenvalue weighted by atomic mass is 35.5. The number of morpholine rings is 1. The van der Waals surface area contributed by atoms with E-state index in [0.29, 0.717) is 48.3 Å². The van der Waals surface area contributed by atoms with Gasteiger partial charge in [-0.3, -0.25) is 4.79 Å². The number of ether oxygens (including phenoxy) is 1. The van der Waals surface area contributed by atoms with Crippen LogP contribution < -0.4 is 15.8 Å². The van der Waals surface area contributed by atoms with Crippen LogP contribution in [-0.2, 0) is 4.74 Å². The molecule has 2 heterocycles. The van der Waals surface area contributed by atoms with E-state index in [1.54, 1.807) is 0 Å². The summed E-state index contributed by atoms with van der Waals surface area (Å²) in [5.74, 6) is 0. The van der Waals surface area contributed by atoms with Crippen molar-refractivity contribution in [1.82, 2.24) is 4.98 Å². The Kier molecular flexibility index (Phi) is 5.24. The van der Waals surface area contributed by atoms with Gasteiger partial charge in [-0.2, -0.15) is 4.98 Å². The molecule has 0 aliphatic carbocycles. The molecule has 0 radical (unpaired) electrons. The monoisotopic (exact) mass is 399 g/mol. The minimum Gasteiger partial charge on any atom is -0.424 e. The zero-order chi connectivity index (χ0) is 19.7. The first-order valence-corrected chi connectivity index (χ1v) is 9.70. The average molecular weight is 400 g/mol. The number of nitrogens with zero attached hydrogens (tertiary/aromatic N) is 2. The van der Waals surface area contributed by atoms with Gasteiger partial charge in [0.25, 0.3) is 5.56 Å². The molecule has 0 bridgehead atoms. The maximum atomic E-state index is 12.7. The summed E-state index contributed by atoms with van der Waals surface area (Å²) < 4.78 is 11.5. The number of hydrogen-bond acceptors (Lipinski definition) is 6. The molecule has 146 valence electrons. The van der Waals surface area contributed by atoms with Crippen LogP contribution in [0.25, 0.3) is 11.0 Å². The van der Waals surface area contributed by atoms with Crippen molar-refractivity contribution in [1.29, 1.82) is 0 Å². The van der Waals surface area contributed by atoms with Crippen molar-refractivity contribution >= 4 is 34.3 Å². The fraction of sp³-hybridized carbons (Fsp3) is 0.333. The number of anilines is 2. The topological polar surface area (TPSA) is 67.6 Å². The molecule has 0 amide bonds. The average Bonchev–Trinajstić information content (AvgIpc) is 2.70. The zero-order valence-electron chi connectivity index (χ0n) is 15.9. The lowest BCUT2D eigenvalue weighted by Crippen LogP contribution is -2.37. The van der Waals surface area contributed by atoms with Crippen LogP contribution in [0.5, 0.6) is 0 Å². The van der Waals surface area contributed by atoms with Crippen LogP contribution in [0.4, 0.5) is 11.7 Å². The van der Waals surface area contributed by atoms with Crippen LogP contribution >= 0.6 is 11.6 Å². The highest BCUT2D eigenvalue weighted by molar-refractivity contribution is 6.33. The van der Waals surface area contributed by atoms with Crippen LogP contribution in [0.1, 0.15) is 24.1 Å². The van der Waals surface area contributed by atoms with E-state index in [0.717, 1.165) is 16.8 Å². The Hall–Kier alpha value is -2.57. The molecule has 2 aromatic carbocycles. The van der Waals surface area contributed by atoms with Crippen LogP contribution in [0, 0.1) is 6.92 Å². The molecule has 28 heavy (non-hydrogen) atoms. The lowest BCUT2D eigenvalue weighted by atomic mass is 10.0. The third-order valence-corrected chi connectivity index (χ3v) is 5.21. The molecule has 6 nitrogen and oxygen atoms in total. The Balaban J connectivity index is 1.79. The quantitative estimate of drug-likeness (QED) is 0.710. The largest absolute Gasteiger partial charge is 0.424 e. The smallest absolute Gasteiger partial charge is 0.301 e. The number of aromatic nitrogens is 1. The van der Waals surface area contributed by atoms with Gasteiger partial charge in [-0.1, -0.05) is 29.8 Å². The van der Waals surface area contributed by atoms with E-state index < -0.39 is 0 Å². The van der Waals surface area contributed by atoms with Gasteiger partial charge in [-0.05, 0) is 37.6 Å². The van der Waals surface area contributed by atoms with E-state index in [1.807, 2.05) is 55.1 Å². The summed E-state index contributed by atoms with van der Waals surface area (Å²) in [6, 6.07) is 11.7. The maximum absolute atomic E-state index is 12.7. The Morgan fingerprint density at radius 3 is 2.71 bits per heavy atom. The molecule has 1 N–H and O–H groups in total. The number of nitrogens with one attached hydrogen (secondary N) is 1. The molecular weight excluding hydrogens is 378 g/mol. The Morgan fingerprint density at radius 2 is 1.96 bits per heavy atom. The lowest BCUT2D eigenvalue weighted by molar-refractivity contribution is 0.120. The summed E-state index contributed by atoms with van der Waals surface area (Å²) >= 11 is 6.29. The highest BCUT2D eigenvalue weighted by Gasteiger charge is 2.20. The molecule has 4 rings (SSSR count). The maximum Gasteiger partial charge on any atom is 0.301 e. The number of halogens is 1. The number of fused-ring (bicyclic) bond motifs is 1. The van der Waals surface area contributed by atoms with Gasteiger partial charge in [0.05, 0.1) is 35.4 Å². The van der Waals surface area contributed by atoms with Crippen LogP contribution in [0.2, 0.25) is 5.02 Å². The third-order valence-electron chi connectivity index (χ3n) is 4.88. The number of hydrogen-bond donors (Lipinski definition) is 1. The van der Waals surface area contributed by atoms with Crippen molar-refractivity contribution in [2.24, 2.45) is 0 Å². The SMILES string of the molecule is Cc1cc(C(C)Nc2ccccc2Cl)c2oc(N3CCOCC3)nc(=O)c2c1. The zero-order valence-corrected chi connectivity index (χ0v) is 16.6. The minimum atomic E-state index is -0.280. The van der Waals surface area contributed by atoms with Crippen LogP contribution in [0.3, 0.4) is 0 Å².